The van der Waals surface area contributed by atoms with Crippen molar-refractivity contribution in [3.8, 4) is 0 Å². The third-order valence-corrected chi connectivity index (χ3v) is 5.35. The molecule has 1 aromatic carbocycles. The molecule has 0 spiro atoms. The number of rotatable bonds is 5. The second kappa shape index (κ2) is 5.50. The van der Waals surface area contributed by atoms with E-state index >= 15 is 0 Å². The lowest BCUT2D eigenvalue weighted by atomic mass is 9.99. The van der Waals surface area contributed by atoms with E-state index in [2.05, 4.69) is 40.5 Å². The van der Waals surface area contributed by atoms with E-state index in [1.54, 1.807) is 0 Å². The third kappa shape index (κ3) is 2.91. The van der Waals surface area contributed by atoms with Crippen LogP contribution in [0.25, 0.3) is 0 Å². The first-order chi connectivity index (χ1) is 9.90. The quantitative estimate of drug-likeness (QED) is 0.884. The predicted molar refractivity (Wildman–Crippen MR) is 82.6 cm³/mol. The van der Waals surface area contributed by atoms with Crippen LogP contribution < -0.4 is 5.32 Å². The minimum Gasteiger partial charge on any atom is -0.307 e. The Morgan fingerprint density at radius 2 is 1.85 bits per heavy atom. The van der Waals surface area contributed by atoms with Crippen molar-refractivity contribution < 1.29 is 0 Å². The molecule has 3 aliphatic rings. The maximum atomic E-state index is 3.80. The Labute approximate surface area is 122 Å². The Kier molecular flexibility index (Phi) is 3.53. The molecule has 2 nitrogen and oxygen atoms in total. The number of hydrogen-bond donors (Lipinski definition) is 1. The van der Waals surface area contributed by atoms with Gasteiger partial charge in [-0.25, -0.2) is 0 Å². The fourth-order valence-corrected chi connectivity index (χ4v) is 3.69. The summed E-state index contributed by atoms with van der Waals surface area (Å²) in [5.41, 5.74) is 1.46. The molecule has 2 aliphatic carbocycles. The molecule has 0 amide bonds. The minimum atomic E-state index is 0.533. The highest BCUT2D eigenvalue weighted by atomic mass is 15.2. The van der Waals surface area contributed by atoms with Crippen molar-refractivity contribution in [2.24, 2.45) is 11.8 Å². The summed E-state index contributed by atoms with van der Waals surface area (Å²) in [5, 5.41) is 3.80. The van der Waals surface area contributed by atoms with Gasteiger partial charge in [-0.15, -0.1) is 0 Å². The van der Waals surface area contributed by atoms with E-state index in [1.165, 1.54) is 57.3 Å². The molecule has 2 atom stereocenters. The van der Waals surface area contributed by atoms with Crippen LogP contribution >= 0.6 is 0 Å². The van der Waals surface area contributed by atoms with Crippen LogP contribution in [0.15, 0.2) is 30.3 Å². The van der Waals surface area contributed by atoms with Crippen LogP contribution in [0.4, 0.5) is 0 Å². The Bertz CT molecular complexity index is 436. The summed E-state index contributed by atoms with van der Waals surface area (Å²) >= 11 is 0. The van der Waals surface area contributed by atoms with Gasteiger partial charge in [-0.3, -0.25) is 4.90 Å². The largest absolute Gasteiger partial charge is 0.307 e. The molecular weight excluding hydrogens is 244 g/mol. The van der Waals surface area contributed by atoms with Gasteiger partial charge >= 0.3 is 0 Å². The summed E-state index contributed by atoms with van der Waals surface area (Å²) in [6, 6.07) is 12.3. The van der Waals surface area contributed by atoms with Gasteiger partial charge in [-0.1, -0.05) is 43.2 Å². The van der Waals surface area contributed by atoms with E-state index in [9.17, 15) is 0 Å². The molecule has 1 saturated heterocycles. The zero-order valence-corrected chi connectivity index (χ0v) is 12.3. The van der Waals surface area contributed by atoms with Crippen molar-refractivity contribution >= 4 is 0 Å². The van der Waals surface area contributed by atoms with Crippen LogP contribution in [-0.4, -0.2) is 30.6 Å². The first-order valence-corrected chi connectivity index (χ1v) is 8.42. The maximum absolute atomic E-state index is 3.80. The summed E-state index contributed by atoms with van der Waals surface area (Å²) in [6.45, 7) is 3.73. The highest BCUT2D eigenvalue weighted by Crippen LogP contribution is 2.39. The smallest absolute Gasteiger partial charge is 0.0449 e. The van der Waals surface area contributed by atoms with Gasteiger partial charge in [0.1, 0.15) is 0 Å². The zero-order valence-electron chi connectivity index (χ0n) is 12.3. The molecule has 1 aromatic rings. The molecule has 0 aromatic heterocycles. The molecule has 1 aliphatic heterocycles. The van der Waals surface area contributed by atoms with Crippen LogP contribution in [0.1, 0.15) is 43.7 Å². The molecule has 108 valence electrons. The molecular formula is C18H26N2. The maximum Gasteiger partial charge on any atom is 0.0449 e. The molecule has 1 heterocycles. The molecule has 0 bridgehead atoms. The number of benzene rings is 1. The summed E-state index contributed by atoms with van der Waals surface area (Å²) in [7, 11) is 0. The van der Waals surface area contributed by atoms with Crippen molar-refractivity contribution in [3.63, 3.8) is 0 Å². The van der Waals surface area contributed by atoms with Crippen LogP contribution in [0, 0.1) is 11.8 Å². The monoisotopic (exact) mass is 270 g/mol. The van der Waals surface area contributed by atoms with E-state index in [0.717, 1.165) is 17.9 Å². The fourth-order valence-electron chi connectivity index (χ4n) is 3.69. The van der Waals surface area contributed by atoms with Crippen LogP contribution in [0.5, 0.6) is 0 Å². The first-order valence-electron chi connectivity index (χ1n) is 8.42. The molecule has 1 N–H and O–H groups in total. The van der Waals surface area contributed by atoms with E-state index in [1.807, 2.05) is 0 Å². The van der Waals surface area contributed by atoms with E-state index in [0.29, 0.717) is 6.04 Å². The van der Waals surface area contributed by atoms with Gasteiger partial charge in [-0.2, -0.15) is 0 Å². The molecule has 2 heteroatoms. The van der Waals surface area contributed by atoms with Crippen molar-refractivity contribution in [2.75, 3.05) is 19.6 Å². The first kappa shape index (κ1) is 12.8. The van der Waals surface area contributed by atoms with E-state index < -0.39 is 0 Å². The van der Waals surface area contributed by atoms with Gasteiger partial charge in [0, 0.05) is 25.2 Å². The minimum absolute atomic E-state index is 0.533. The van der Waals surface area contributed by atoms with Gasteiger partial charge in [0.2, 0.25) is 0 Å². The molecule has 20 heavy (non-hydrogen) atoms. The molecule has 4 rings (SSSR count). The SMILES string of the molecule is c1ccc(C2CN(CCC3CC3)C(C3CC3)CN2)cc1. The van der Waals surface area contributed by atoms with Gasteiger partial charge in [0.15, 0.2) is 0 Å². The van der Waals surface area contributed by atoms with E-state index in [4.69, 9.17) is 0 Å². The van der Waals surface area contributed by atoms with Gasteiger partial charge in [-0.05, 0) is 43.2 Å². The van der Waals surface area contributed by atoms with Crippen molar-refractivity contribution in [2.45, 2.75) is 44.2 Å². The number of hydrogen-bond acceptors (Lipinski definition) is 2. The summed E-state index contributed by atoms with van der Waals surface area (Å²) in [5.74, 6) is 2.04. The average Bonchev–Trinajstić information content (AvgIpc) is 3.40. The van der Waals surface area contributed by atoms with Crippen molar-refractivity contribution in [3.05, 3.63) is 35.9 Å². The lowest BCUT2D eigenvalue weighted by Crippen LogP contribution is -2.53. The number of nitrogens with zero attached hydrogens (tertiary/aromatic N) is 1. The van der Waals surface area contributed by atoms with Gasteiger partial charge in [0.05, 0.1) is 0 Å². The standard InChI is InChI=1S/C18H26N2/c1-2-4-15(5-3-1)17-13-20(11-10-14-6-7-14)18(12-19-17)16-8-9-16/h1-5,14,16-19H,6-13H2. The zero-order chi connectivity index (χ0) is 13.4. The fraction of sp³-hybridized carbons (Fsp3) is 0.667. The highest BCUT2D eigenvalue weighted by Gasteiger charge is 2.39. The Hall–Kier alpha value is -0.860. The molecule has 2 unspecified atom stereocenters. The molecule has 2 saturated carbocycles. The average molecular weight is 270 g/mol. The predicted octanol–water partition coefficient (Wildman–Crippen LogP) is 3.21. The number of nitrogens with one attached hydrogen (secondary N) is 1. The Morgan fingerprint density at radius 3 is 2.55 bits per heavy atom. The summed E-state index contributed by atoms with van der Waals surface area (Å²) in [6.07, 6.45) is 7.33. The second-order valence-electron chi connectivity index (χ2n) is 7.00. The third-order valence-electron chi connectivity index (χ3n) is 5.35. The normalized spacial score (nSPS) is 31.4. The van der Waals surface area contributed by atoms with Crippen molar-refractivity contribution in [1.29, 1.82) is 0 Å². The van der Waals surface area contributed by atoms with Crippen molar-refractivity contribution in [1.82, 2.24) is 10.2 Å². The van der Waals surface area contributed by atoms with Gasteiger partial charge < -0.3 is 5.32 Å². The summed E-state index contributed by atoms with van der Waals surface area (Å²) < 4.78 is 0. The highest BCUT2D eigenvalue weighted by molar-refractivity contribution is 5.20. The Balaban J connectivity index is 1.43. The lowest BCUT2D eigenvalue weighted by molar-refractivity contribution is 0.111. The Morgan fingerprint density at radius 1 is 1.05 bits per heavy atom. The summed E-state index contributed by atoms with van der Waals surface area (Å²) in [4.78, 5) is 2.81. The second-order valence-corrected chi connectivity index (χ2v) is 7.00. The lowest BCUT2D eigenvalue weighted by Gasteiger charge is -2.41. The van der Waals surface area contributed by atoms with Crippen LogP contribution in [0.2, 0.25) is 0 Å². The van der Waals surface area contributed by atoms with E-state index in [-0.39, 0.29) is 0 Å². The number of piperazine rings is 1. The molecule has 3 fully saturated rings. The van der Waals surface area contributed by atoms with Gasteiger partial charge in [0.25, 0.3) is 0 Å². The molecule has 0 radical (unpaired) electrons. The van der Waals surface area contributed by atoms with Crippen LogP contribution in [-0.2, 0) is 0 Å². The topological polar surface area (TPSA) is 15.3 Å². The van der Waals surface area contributed by atoms with Crippen LogP contribution in [0.3, 0.4) is 0 Å².